The van der Waals surface area contributed by atoms with E-state index in [0.29, 0.717) is 0 Å². The quantitative estimate of drug-likeness (QED) is 0.0511. The zero-order chi connectivity index (χ0) is 27.8. The van der Waals surface area contributed by atoms with Gasteiger partial charge in [-0.15, -0.1) is 0 Å². The van der Waals surface area contributed by atoms with Crippen molar-refractivity contribution in [3.63, 3.8) is 0 Å². The van der Waals surface area contributed by atoms with E-state index in [9.17, 15) is 0 Å². The van der Waals surface area contributed by atoms with Crippen molar-refractivity contribution >= 4 is 34.4 Å². The lowest BCUT2D eigenvalue weighted by molar-refractivity contribution is 0.536. The smallest absolute Gasteiger partial charge is 0.0939 e. The van der Waals surface area contributed by atoms with E-state index in [4.69, 9.17) is 24.4 Å². The van der Waals surface area contributed by atoms with Crippen LogP contribution in [0.2, 0.25) is 0 Å². The molecule has 0 spiro atoms. The molecule has 0 unspecified atom stereocenters. The molecular weight excluding hydrogens is 501 g/mol. The van der Waals surface area contributed by atoms with Crippen LogP contribution in [0.1, 0.15) is 206 Å². The lowest BCUT2D eigenvalue weighted by atomic mass is 10.0. The van der Waals surface area contributed by atoms with Gasteiger partial charge in [0.2, 0.25) is 0 Å². The van der Waals surface area contributed by atoms with Gasteiger partial charge in [0.25, 0.3) is 0 Å². The highest BCUT2D eigenvalue weighted by atomic mass is 32.1. The maximum atomic E-state index is 5.48. The summed E-state index contributed by atoms with van der Waals surface area (Å²) in [4.78, 5) is 1.82. The van der Waals surface area contributed by atoms with Gasteiger partial charge in [-0.1, -0.05) is 205 Å². The third-order valence-corrected chi connectivity index (χ3v) is 8.47. The van der Waals surface area contributed by atoms with Gasteiger partial charge in [0.05, 0.1) is 9.98 Å². The molecule has 0 atom stereocenters. The van der Waals surface area contributed by atoms with Crippen molar-refractivity contribution < 1.29 is 0 Å². The Morgan fingerprint density at radius 1 is 0.316 bits per heavy atom. The molecule has 0 aromatic carbocycles. The highest BCUT2D eigenvalue weighted by Crippen LogP contribution is 2.15. The van der Waals surface area contributed by atoms with E-state index >= 15 is 0 Å². The van der Waals surface area contributed by atoms with Gasteiger partial charge < -0.3 is 0 Å². The van der Waals surface area contributed by atoms with E-state index in [1.165, 1.54) is 180 Å². The van der Waals surface area contributed by atoms with Gasteiger partial charge in [-0.3, -0.25) is 10.9 Å². The Hall–Kier alpha value is -0.220. The van der Waals surface area contributed by atoms with Crippen LogP contribution >= 0.6 is 24.4 Å². The lowest BCUT2D eigenvalue weighted by Gasteiger charge is -2.11. The Balaban J connectivity index is 3.27. The predicted molar refractivity (Wildman–Crippen MR) is 181 cm³/mol. The lowest BCUT2D eigenvalue weighted by Crippen LogP contribution is -2.39. The molecule has 0 aliphatic rings. The highest BCUT2D eigenvalue weighted by Gasteiger charge is 2.01. The van der Waals surface area contributed by atoms with E-state index < -0.39 is 0 Å². The minimum atomic E-state index is 0.909. The maximum Gasteiger partial charge on any atom is 0.0939 e. The second kappa shape index (κ2) is 33.0. The van der Waals surface area contributed by atoms with Gasteiger partial charge in [-0.25, -0.2) is 0 Å². The highest BCUT2D eigenvalue weighted by molar-refractivity contribution is 7.80. The van der Waals surface area contributed by atoms with E-state index in [0.717, 1.165) is 22.8 Å². The number of thiocarbonyl (C=S) groups is 2. The van der Waals surface area contributed by atoms with Gasteiger partial charge >= 0.3 is 0 Å². The zero-order valence-corrected chi connectivity index (χ0v) is 27.7. The molecule has 0 saturated carbocycles. The molecule has 0 radical (unpaired) electrons. The summed E-state index contributed by atoms with van der Waals surface area (Å²) in [7, 11) is 0. The molecule has 0 amide bonds. The topological polar surface area (TPSA) is 24.1 Å². The standard InChI is InChI=1S/C34H68N2S2/c1-3-5-7-9-11-13-15-17-19-21-23-25-27-29-31-33(37)35-36-34(38)32-30-28-26-24-22-20-18-16-14-12-10-8-6-4-2/h3-32H2,1-2H3,(H,35,37)(H,36,38). The van der Waals surface area contributed by atoms with Crippen LogP contribution in [0.4, 0.5) is 0 Å². The summed E-state index contributed by atoms with van der Waals surface area (Å²) in [5.41, 5.74) is 6.34. The summed E-state index contributed by atoms with van der Waals surface area (Å²) < 4.78 is 0. The van der Waals surface area contributed by atoms with E-state index in [2.05, 4.69) is 24.7 Å². The van der Waals surface area contributed by atoms with Crippen LogP contribution in [0.5, 0.6) is 0 Å². The van der Waals surface area contributed by atoms with Crippen LogP contribution in [-0.4, -0.2) is 9.98 Å². The first-order valence-electron chi connectivity index (χ1n) is 17.3. The Kier molecular flexibility index (Phi) is 32.8. The summed E-state index contributed by atoms with van der Waals surface area (Å²) in [6.45, 7) is 4.59. The molecule has 2 nitrogen and oxygen atoms in total. The van der Waals surface area contributed by atoms with Gasteiger partial charge in [0.1, 0.15) is 0 Å². The molecular formula is C34H68N2S2. The molecule has 0 heterocycles. The summed E-state index contributed by atoms with van der Waals surface area (Å²) in [5.74, 6) is 0. The molecule has 0 aliphatic carbocycles. The average molecular weight is 569 g/mol. The number of rotatable bonds is 30. The third kappa shape index (κ3) is 32.0. The molecule has 4 heteroatoms. The first-order chi connectivity index (χ1) is 18.7. The van der Waals surface area contributed by atoms with Crippen molar-refractivity contribution in [1.82, 2.24) is 10.9 Å². The van der Waals surface area contributed by atoms with Crippen LogP contribution in [0.15, 0.2) is 0 Å². The SMILES string of the molecule is CCCCCCCCCCCCCCCCC(=S)NNC(=S)CCCCCCCCCCCCCCCC. The van der Waals surface area contributed by atoms with Crippen LogP contribution in [0.25, 0.3) is 0 Å². The molecule has 0 aliphatic heterocycles. The molecule has 0 bridgehead atoms. The van der Waals surface area contributed by atoms with Crippen molar-refractivity contribution in [1.29, 1.82) is 0 Å². The number of hydrogen-bond acceptors (Lipinski definition) is 2. The summed E-state index contributed by atoms with van der Waals surface area (Å²) in [5, 5.41) is 0. The number of unbranched alkanes of at least 4 members (excludes halogenated alkanes) is 26. The Labute approximate surface area is 251 Å². The molecule has 0 aromatic rings. The minimum Gasteiger partial charge on any atom is -0.294 e. The Bertz CT molecular complexity index is 451. The van der Waals surface area contributed by atoms with Crippen molar-refractivity contribution in [3.8, 4) is 0 Å². The van der Waals surface area contributed by atoms with Gasteiger partial charge in [0, 0.05) is 0 Å². The fourth-order valence-corrected chi connectivity index (χ4v) is 5.62. The van der Waals surface area contributed by atoms with Crippen molar-refractivity contribution in [2.45, 2.75) is 206 Å². The molecule has 0 fully saturated rings. The van der Waals surface area contributed by atoms with Crippen molar-refractivity contribution in [2.24, 2.45) is 0 Å². The number of nitrogens with one attached hydrogen (secondary N) is 2. The normalized spacial score (nSPS) is 11.1. The number of hydrogen-bond donors (Lipinski definition) is 2. The largest absolute Gasteiger partial charge is 0.294 e. The van der Waals surface area contributed by atoms with Crippen LogP contribution in [-0.2, 0) is 0 Å². The van der Waals surface area contributed by atoms with E-state index in [-0.39, 0.29) is 0 Å². The fourth-order valence-electron chi connectivity index (χ4n) is 5.22. The molecule has 0 aromatic heterocycles. The van der Waals surface area contributed by atoms with Gasteiger partial charge in [-0.2, -0.15) is 0 Å². The Morgan fingerprint density at radius 3 is 0.711 bits per heavy atom. The first-order valence-corrected chi connectivity index (χ1v) is 18.1. The molecule has 0 rings (SSSR count). The second-order valence-corrected chi connectivity index (χ2v) is 12.8. The van der Waals surface area contributed by atoms with Crippen LogP contribution < -0.4 is 10.9 Å². The molecule has 2 N–H and O–H groups in total. The zero-order valence-electron chi connectivity index (χ0n) is 26.0. The second-order valence-electron chi connectivity index (χ2n) is 11.8. The third-order valence-electron chi connectivity index (χ3n) is 7.86. The first kappa shape index (κ1) is 37.8. The molecule has 0 saturated heterocycles. The summed E-state index contributed by atoms with van der Waals surface area (Å²) in [6, 6.07) is 0. The maximum absolute atomic E-state index is 5.48. The molecule has 38 heavy (non-hydrogen) atoms. The minimum absolute atomic E-state index is 0.909. The van der Waals surface area contributed by atoms with E-state index in [1.54, 1.807) is 0 Å². The number of hydrazine groups is 1. The molecule has 226 valence electrons. The summed E-state index contributed by atoms with van der Waals surface area (Å²) in [6.07, 6.45) is 41.0. The van der Waals surface area contributed by atoms with Gasteiger partial charge in [-0.05, 0) is 25.7 Å². The Morgan fingerprint density at radius 2 is 0.500 bits per heavy atom. The monoisotopic (exact) mass is 568 g/mol. The van der Waals surface area contributed by atoms with Crippen LogP contribution in [0.3, 0.4) is 0 Å². The average Bonchev–Trinajstić information content (AvgIpc) is 2.92. The van der Waals surface area contributed by atoms with Gasteiger partial charge in [0.15, 0.2) is 0 Å². The predicted octanol–water partition coefficient (Wildman–Crippen LogP) is 12.5. The fraction of sp³-hybridized carbons (Fsp3) is 0.941. The summed E-state index contributed by atoms with van der Waals surface area (Å²) >= 11 is 11.0. The van der Waals surface area contributed by atoms with Crippen molar-refractivity contribution in [3.05, 3.63) is 0 Å². The van der Waals surface area contributed by atoms with E-state index in [1.807, 2.05) is 0 Å². The van der Waals surface area contributed by atoms with Crippen LogP contribution in [0, 0.1) is 0 Å². The van der Waals surface area contributed by atoms with Crippen molar-refractivity contribution in [2.75, 3.05) is 0 Å².